The molecule has 1 atom stereocenters. The van der Waals surface area contributed by atoms with Gasteiger partial charge < -0.3 is 10.6 Å². The quantitative estimate of drug-likeness (QED) is 0.916. The summed E-state index contributed by atoms with van der Waals surface area (Å²) in [4.78, 5) is 12.7. The molecule has 4 nitrogen and oxygen atoms in total. The highest BCUT2D eigenvalue weighted by molar-refractivity contribution is 7.09. The molecule has 0 spiro atoms. The largest absolute Gasteiger partial charge is 0.383 e. The summed E-state index contributed by atoms with van der Waals surface area (Å²) >= 11 is 1.80. The molecular weight excluding hydrogens is 280 g/mol. The molecule has 0 aliphatic heterocycles. The highest BCUT2D eigenvalue weighted by Crippen LogP contribution is 2.26. The minimum absolute atomic E-state index is 0.271. The van der Waals surface area contributed by atoms with Gasteiger partial charge in [0.1, 0.15) is 17.5 Å². The molecule has 2 aromatic heterocycles. The molecule has 0 aliphatic carbocycles. The number of aromatic nitrogens is 2. The minimum Gasteiger partial charge on any atom is -0.383 e. The first kappa shape index (κ1) is 15.8. The summed E-state index contributed by atoms with van der Waals surface area (Å²) in [6.07, 6.45) is 1.01. The zero-order valence-electron chi connectivity index (χ0n) is 13.4. The van der Waals surface area contributed by atoms with Crippen LogP contribution in [0.2, 0.25) is 0 Å². The van der Waals surface area contributed by atoms with Crippen LogP contribution in [-0.2, 0) is 6.42 Å². The molecule has 2 aromatic rings. The van der Waals surface area contributed by atoms with Crippen molar-refractivity contribution in [2.24, 2.45) is 0 Å². The Bertz CT molecular complexity index is 593. The van der Waals surface area contributed by atoms with Gasteiger partial charge >= 0.3 is 0 Å². The van der Waals surface area contributed by atoms with Gasteiger partial charge in [-0.2, -0.15) is 0 Å². The van der Waals surface area contributed by atoms with Crippen molar-refractivity contribution in [1.29, 1.82) is 0 Å². The summed E-state index contributed by atoms with van der Waals surface area (Å²) in [5.41, 5.74) is 7.02. The van der Waals surface area contributed by atoms with Gasteiger partial charge in [0.2, 0.25) is 0 Å². The standard InChI is InChI=1S/C16H24N4S/c1-10(2)15-18-14(17)12(4)16(19-15)20(5)11(3)9-13-7-6-8-21-13/h6-8,10-11H,9H2,1-5H3,(H2,17,18,19). The number of likely N-dealkylation sites (N-methyl/N-ethyl adjacent to an activating group) is 1. The Morgan fingerprint density at radius 1 is 1.29 bits per heavy atom. The van der Waals surface area contributed by atoms with Gasteiger partial charge in [-0.1, -0.05) is 19.9 Å². The van der Waals surface area contributed by atoms with E-state index in [4.69, 9.17) is 10.7 Å². The summed E-state index contributed by atoms with van der Waals surface area (Å²) < 4.78 is 0. The van der Waals surface area contributed by atoms with E-state index in [9.17, 15) is 0 Å². The topological polar surface area (TPSA) is 55.0 Å². The molecule has 0 saturated carbocycles. The van der Waals surface area contributed by atoms with Crippen molar-refractivity contribution in [3.8, 4) is 0 Å². The van der Waals surface area contributed by atoms with Crippen molar-refractivity contribution in [2.75, 3.05) is 17.7 Å². The van der Waals surface area contributed by atoms with Crippen LogP contribution in [0.25, 0.3) is 0 Å². The molecule has 0 bridgehead atoms. The van der Waals surface area contributed by atoms with E-state index in [1.54, 1.807) is 11.3 Å². The van der Waals surface area contributed by atoms with Gasteiger partial charge in [-0.15, -0.1) is 11.3 Å². The zero-order chi connectivity index (χ0) is 15.6. The maximum absolute atomic E-state index is 6.06. The van der Waals surface area contributed by atoms with Crippen molar-refractivity contribution < 1.29 is 0 Å². The van der Waals surface area contributed by atoms with Gasteiger partial charge in [-0.25, -0.2) is 9.97 Å². The van der Waals surface area contributed by atoms with Crippen LogP contribution in [0.4, 0.5) is 11.6 Å². The Morgan fingerprint density at radius 3 is 2.57 bits per heavy atom. The van der Waals surface area contributed by atoms with E-state index in [1.165, 1.54) is 4.88 Å². The summed E-state index contributed by atoms with van der Waals surface area (Å²) in [6.45, 7) is 8.38. The molecule has 1 unspecified atom stereocenters. The fourth-order valence-corrected chi connectivity index (χ4v) is 3.03. The van der Waals surface area contributed by atoms with Gasteiger partial charge in [0.25, 0.3) is 0 Å². The van der Waals surface area contributed by atoms with E-state index in [0.717, 1.165) is 23.6 Å². The molecule has 0 amide bonds. The lowest BCUT2D eigenvalue weighted by Crippen LogP contribution is -2.32. The second kappa shape index (κ2) is 6.43. The third kappa shape index (κ3) is 3.53. The van der Waals surface area contributed by atoms with Crippen LogP contribution >= 0.6 is 11.3 Å². The van der Waals surface area contributed by atoms with Crippen LogP contribution in [0.5, 0.6) is 0 Å². The van der Waals surface area contributed by atoms with Crippen molar-refractivity contribution in [3.63, 3.8) is 0 Å². The summed E-state index contributed by atoms with van der Waals surface area (Å²) in [5.74, 6) is 2.60. The molecule has 2 N–H and O–H groups in total. The third-order valence-electron chi connectivity index (χ3n) is 3.76. The Hall–Kier alpha value is -1.62. The Morgan fingerprint density at radius 2 is 2.00 bits per heavy atom. The van der Waals surface area contributed by atoms with Crippen LogP contribution in [0.15, 0.2) is 17.5 Å². The first-order valence-electron chi connectivity index (χ1n) is 7.29. The number of nitrogens with zero attached hydrogens (tertiary/aromatic N) is 3. The number of thiophene rings is 1. The average Bonchev–Trinajstić information content (AvgIpc) is 2.93. The zero-order valence-corrected chi connectivity index (χ0v) is 14.2. The first-order valence-corrected chi connectivity index (χ1v) is 8.17. The number of rotatable bonds is 5. The lowest BCUT2D eigenvalue weighted by molar-refractivity contribution is 0.669. The van der Waals surface area contributed by atoms with E-state index in [2.05, 4.69) is 55.2 Å². The van der Waals surface area contributed by atoms with E-state index >= 15 is 0 Å². The average molecular weight is 304 g/mol. The van der Waals surface area contributed by atoms with Gasteiger partial charge in [0.05, 0.1) is 0 Å². The second-order valence-electron chi connectivity index (χ2n) is 5.81. The second-order valence-corrected chi connectivity index (χ2v) is 6.85. The molecule has 0 radical (unpaired) electrons. The Labute approximate surface area is 131 Å². The fraction of sp³-hybridized carbons (Fsp3) is 0.500. The number of nitrogen functional groups attached to an aromatic ring is 1. The van der Waals surface area contributed by atoms with Gasteiger partial charge in [-0.3, -0.25) is 0 Å². The molecule has 5 heteroatoms. The van der Waals surface area contributed by atoms with E-state index in [0.29, 0.717) is 11.9 Å². The number of hydrogen-bond acceptors (Lipinski definition) is 5. The number of nitrogens with two attached hydrogens (primary N) is 1. The Balaban J connectivity index is 2.27. The van der Waals surface area contributed by atoms with E-state index in [-0.39, 0.29) is 5.92 Å². The van der Waals surface area contributed by atoms with Crippen LogP contribution in [-0.4, -0.2) is 23.1 Å². The van der Waals surface area contributed by atoms with Crippen molar-refractivity contribution >= 4 is 23.0 Å². The molecule has 0 aliphatic rings. The van der Waals surface area contributed by atoms with Gasteiger partial charge in [0, 0.05) is 35.9 Å². The van der Waals surface area contributed by atoms with E-state index < -0.39 is 0 Å². The molecule has 0 aromatic carbocycles. The SMILES string of the molecule is Cc1c(N)nc(C(C)C)nc1N(C)C(C)Cc1cccs1. The highest BCUT2D eigenvalue weighted by atomic mass is 32.1. The lowest BCUT2D eigenvalue weighted by atomic mass is 10.1. The molecule has 2 rings (SSSR count). The Kier molecular flexibility index (Phi) is 4.83. The smallest absolute Gasteiger partial charge is 0.137 e. The number of anilines is 2. The van der Waals surface area contributed by atoms with Gasteiger partial charge in [0.15, 0.2) is 0 Å². The van der Waals surface area contributed by atoms with Crippen LogP contribution in [0.3, 0.4) is 0 Å². The molecule has 21 heavy (non-hydrogen) atoms. The lowest BCUT2D eigenvalue weighted by Gasteiger charge is -2.28. The maximum Gasteiger partial charge on any atom is 0.137 e. The third-order valence-corrected chi connectivity index (χ3v) is 4.66. The fourth-order valence-electron chi connectivity index (χ4n) is 2.21. The molecule has 0 fully saturated rings. The predicted molar refractivity (Wildman–Crippen MR) is 91.2 cm³/mol. The van der Waals surface area contributed by atoms with Crippen molar-refractivity contribution in [3.05, 3.63) is 33.8 Å². The first-order chi connectivity index (χ1) is 9.90. The normalized spacial score (nSPS) is 12.7. The molecular formula is C16H24N4S. The minimum atomic E-state index is 0.271. The van der Waals surface area contributed by atoms with Crippen molar-refractivity contribution in [2.45, 2.75) is 46.1 Å². The predicted octanol–water partition coefficient (Wildman–Crippen LogP) is 3.62. The molecule has 114 valence electrons. The number of hydrogen-bond donors (Lipinski definition) is 1. The van der Waals surface area contributed by atoms with Crippen LogP contribution < -0.4 is 10.6 Å². The van der Waals surface area contributed by atoms with Crippen LogP contribution in [0.1, 0.15) is 43.0 Å². The molecule has 0 saturated heterocycles. The summed E-state index contributed by atoms with van der Waals surface area (Å²) in [6, 6.07) is 4.63. The van der Waals surface area contributed by atoms with Gasteiger partial charge in [-0.05, 0) is 25.3 Å². The molecule has 2 heterocycles. The van der Waals surface area contributed by atoms with Crippen LogP contribution in [0, 0.1) is 6.92 Å². The van der Waals surface area contributed by atoms with Crippen molar-refractivity contribution in [1.82, 2.24) is 9.97 Å². The highest BCUT2D eigenvalue weighted by Gasteiger charge is 2.18. The summed E-state index contributed by atoms with van der Waals surface area (Å²) in [7, 11) is 2.08. The van der Waals surface area contributed by atoms with E-state index in [1.807, 2.05) is 6.92 Å². The summed E-state index contributed by atoms with van der Waals surface area (Å²) in [5, 5.41) is 2.12. The maximum atomic E-state index is 6.06. The monoisotopic (exact) mass is 304 g/mol.